The van der Waals surface area contributed by atoms with Gasteiger partial charge in [-0.15, -0.1) is 10.2 Å². The predicted molar refractivity (Wildman–Crippen MR) is 82.2 cm³/mol. The van der Waals surface area contributed by atoms with Gasteiger partial charge < -0.3 is 8.83 Å². The molecule has 0 bridgehead atoms. The van der Waals surface area contributed by atoms with Gasteiger partial charge in [-0.25, -0.2) is 0 Å². The molecule has 0 atom stereocenters. The summed E-state index contributed by atoms with van der Waals surface area (Å²) in [5.74, 6) is 2.27. The topological polar surface area (TPSA) is 52.1 Å². The molecule has 1 aromatic carbocycles. The van der Waals surface area contributed by atoms with E-state index >= 15 is 0 Å². The third-order valence-corrected chi connectivity index (χ3v) is 4.08. The number of hydrogen-bond donors (Lipinski definition) is 0. The molecule has 0 aliphatic carbocycles. The third kappa shape index (κ3) is 3.55. The van der Waals surface area contributed by atoms with Crippen LogP contribution in [0.5, 0.6) is 0 Å². The zero-order chi connectivity index (χ0) is 14.5. The summed E-state index contributed by atoms with van der Waals surface area (Å²) in [5, 5.41) is 8.73. The Kier molecular flexibility index (Phi) is 4.40. The Morgan fingerprint density at radius 3 is 2.71 bits per heavy atom. The zero-order valence-corrected chi connectivity index (χ0v) is 12.6. The van der Waals surface area contributed by atoms with Gasteiger partial charge in [-0.05, 0) is 31.4 Å². The molecule has 0 saturated carbocycles. The average Bonchev–Trinajstić information content (AvgIpc) is 3.13. The zero-order valence-electron chi connectivity index (χ0n) is 11.8. The summed E-state index contributed by atoms with van der Waals surface area (Å²) in [6.07, 6.45) is 3.77. The van der Waals surface area contributed by atoms with Gasteiger partial charge in [0, 0.05) is 5.75 Å². The van der Waals surface area contributed by atoms with Crippen LogP contribution in [0.3, 0.4) is 0 Å². The molecular formula is C16H16N2O2S. The molecule has 108 valence electrons. The summed E-state index contributed by atoms with van der Waals surface area (Å²) in [7, 11) is 0. The minimum absolute atomic E-state index is 0.520. The summed E-state index contributed by atoms with van der Waals surface area (Å²) in [6.45, 7) is 1.88. The fraction of sp³-hybridized carbons (Fsp3) is 0.250. The Morgan fingerprint density at radius 1 is 1.10 bits per heavy atom. The van der Waals surface area contributed by atoms with Gasteiger partial charge in [0.05, 0.1) is 11.8 Å². The maximum atomic E-state index is 5.64. The van der Waals surface area contributed by atoms with Crippen LogP contribution in [0, 0.1) is 6.92 Å². The van der Waals surface area contributed by atoms with Gasteiger partial charge in [-0.1, -0.05) is 42.1 Å². The molecule has 3 aromatic rings. The van der Waals surface area contributed by atoms with Crippen LogP contribution in [0.15, 0.2) is 56.7 Å². The second-order valence-corrected chi connectivity index (χ2v) is 5.75. The van der Waals surface area contributed by atoms with Crippen molar-refractivity contribution in [1.82, 2.24) is 10.2 Å². The molecular weight excluding hydrogens is 284 g/mol. The average molecular weight is 300 g/mol. The first kappa shape index (κ1) is 13.9. The molecule has 0 fully saturated rings. The number of furan rings is 1. The number of nitrogens with zero attached hydrogens (tertiary/aromatic N) is 2. The van der Waals surface area contributed by atoms with Crippen molar-refractivity contribution in [1.29, 1.82) is 0 Å². The van der Waals surface area contributed by atoms with E-state index in [1.54, 1.807) is 18.0 Å². The van der Waals surface area contributed by atoms with Gasteiger partial charge >= 0.3 is 0 Å². The first-order valence-electron chi connectivity index (χ1n) is 6.87. The standard InChI is InChI=1S/C16H16N2O2S/c1-12-14(9-10-19-12)15-17-18-16(20-15)21-11-5-8-13-6-3-2-4-7-13/h2-4,6-7,9-10H,5,8,11H2,1H3. The molecule has 0 aliphatic rings. The van der Waals surface area contributed by atoms with Crippen molar-refractivity contribution in [3.63, 3.8) is 0 Å². The van der Waals surface area contributed by atoms with E-state index in [-0.39, 0.29) is 0 Å². The Bertz CT molecular complexity index is 691. The monoisotopic (exact) mass is 300 g/mol. The smallest absolute Gasteiger partial charge is 0.276 e. The van der Waals surface area contributed by atoms with Crippen LogP contribution < -0.4 is 0 Å². The molecule has 3 rings (SSSR count). The van der Waals surface area contributed by atoms with Crippen LogP contribution in [0.2, 0.25) is 0 Å². The second kappa shape index (κ2) is 6.63. The molecule has 0 saturated heterocycles. The first-order chi connectivity index (χ1) is 10.3. The van der Waals surface area contributed by atoms with Gasteiger partial charge in [-0.2, -0.15) is 0 Å². The van der Waals surface area contributed by atoms with Crippen molar-refractivity contribution in [3.8, 4) is 11.5 Å². The third-order valence-electron chi connectivity index (χ3n) is 3.17. The fourth-order valence-corrected chi connectivity index (χ4v) is 2.76. The van der Waals surface area contributed by atoms with E-state index < -0.39 is 0 Å². The summed E-state index contributed by atoms with van der Waals surface area (Å²) < 4.78 is 10.9. The highest BCUT2D eigenvalue weighted by Crippen LogP contribution is 2.26. The molecule has 4 nitrogen and oxygen atoms in total. The Morgan fingerprint density at radius 2 is 1.95 bits per heavy atom. The van der Waals surface area contributed by atoms with E-state index in [9.17, 15) is 0 Å². The molecule has 0 aliphatic heterocycles. The molecule has 5 heteroatoms. The SMILES string of the molecule is Cc1occc1-c1nnc(SCCCc2ccccc2)o1. The van der Waals surface area contributed by atoms with Gasteiger partial charge in [0.2, 0.25) is 0 Å². The maximum absolute atomic E-state index is 5.64. The van der Waals surface area contributed by atoms with E-state index in [0.29, 0.717) is 11.1 Å². The largest absolute Gasteiger partial charge is 0.469 e. The molecule has 0 spiro atoms. The minimum Gasteiger partial charge on any atom is -0.469 e. The van der Waals surface area contributed by atoms with Gasteiger partial charge in [-0.3, -0.25) is 0 Å². The van der Waals surface area contributed by atoms with E-state index in [1.165, 1.54) is 5.56 Å². The van der Waals surface area contributed by atoms with Gasteiger partial charge in [0.25, 0.3) is 11.1 Å². The van der Waals surface area contributed by atoms with Gasteiger partial charge in [0.15, 0.2) is 0 Å². The van der Waals surface area contributed by atoms with Crippen molar-refractivity contribution < 1.29 is 8.83 Å². The van der Waals surface area contributed by atoms with E-state index in [4.69, 9.17) is 8.83 Å². The van der Waals surface area contributed by atoms with Crippen molar-refractivity contribution in [2.24, 2.45) is 0 Å². The highest BCUT2D eigenvalue weighted by Gasteiger charge is 2.12. The molecule has 21 heavy (non-hydrogen) atoms. The van der Waals surface area contributed by atoms with Crippen LogP contribution >= 0.6 is 11.8 Å². The lowest BCUT2D eigenvalue weighted by atomic mass is 10.1. The Labute approximate surface area is 127 Å². The van der Waals surface area contributed by atoms with Crippen LogP contribution in [0.1, 0.15) is 17.7 Å². The number of benzene rings is 1. The first-order valence-corrected chi connectivity index (χ1v) is 7.86. The summed E-state index contributed by atoms with van der Waals surface area (Å²) in [6, 6.07) is 12.3. The number of hydrogen-bond acceptors (Lipinski definition) is 5. The van der Waals surface area contributed by atoms with Crippen LogP contribution in [0.25, 0.3) is 11.5 Å². The quantitative estimate of drug-likeness (QED) is 0.500. The normalized spacial score (nSPS) is 10.9. The minimum atomic E-state index is 0.520. The van der Waals surface area contributed by atoms with Gasteiger partial charge in [0.1, 0.15) is 5.76 Å². The van der Waals surface area contributed by atoms with Crippen LogP contribution in [0.4, 0.5) is 0 Å². The molecule has 2 aromatic heterocycles. The lowest BCUT2D eigenvalue weighted by Crippen LogP contribution is -1.87. The predicted octanol–water partition coefficient (Wildman–Crippen LogP) is 4.36. The number of thioether (sulfide) groups is 1. The fourth-order valence-electron chi connectivity index (χ4n) is 2.06. The number of aromatic nitrogens is 2. The molecule has 0 unspecified atom stereocenters. The Hall–Kier alpha value is -2.01. The molecule has 0 radical (unpaired) electrons. The van der Waals surface area contributed by atoms with E-state index in [2.05, 4.69) is 34.5 Å². The second-order valence-electron chi connectivity index (χ2n) is 4.70. The van der Waals surface area contributed by atoms with Crippen molar-refractivity contribution in [2.45, 2.75) is 25.0 Å². The molecule has 0 amide bonds. The van der Waals surface area contributed by atoms with Crippen molar-refractivity contribution in [2.75, 3.05) is 5.75 Å². The van der Waals surface area contributed by atoms with E-state index in [0.717, 1.165) is 29.9 Å². The number of rotatable bonds is 6. The molecule has 0 N–H and O–H groups in total. The van der Waals surface area contributed by atoms with Crippen molar-refractivity contribution >= 4 is 11.8 Å². The highest BCUT2D eigenvalue weighted by atomic mass is 32.2. The maximum Gasteiger partial charge on any atom is 0.276 e. The summed E-state index contributed by atoms with van der Waals surface area (Å²) >= 11 is 1.59. The van der Waals surface area contributed by atoms with Crippen LogP contribution in [-0.4, -0.2) is 16.0 Å². The highest BCUT2D eigenvalue weighted by molar-refractivity contribution is 7.99. The summed E-state index contributed by atoms with van der Waals surface area (Å²) in [5.41, 5.74) is 2.22. The van der Waals surface area contributed by atoms with E-state index in [1.807, 2.05) is 19.1 Å². The Balaban J connectivity index is 1.50. The van der Waals surface area contributed by atoms with Crippen molar-refractivity contribution in [3.05, 3.63) is 54.0 Å². The molecule has 2 heterocycles. The summed E-state index contributed by atoms with van der Waals surface area (Å²) in [4.78, 5) is 0. The van der Waals surface area contributed by atoms with Crippen LogP contribution in [-0.2, 0) is 6.42 Å². The lowest BCUT2D eigenvalue weighted by molar-refractivity contribution is 0.463. The number of aryl methyl sites for hydroxylation is 2. The lowest BCUT2D eigenvalue weighted by Gasteiger charge is -1.99.